The highest BCUT2D eigenvalue weighted by Gasteiger charge is 2.50. The van der Waals surface area contributed by atoms with Gasteiger partial charge in [-0.2, -0.15) is 0 Å². The van der Waals surface area contributed by atoms with Crippen molar-refractivity contribution in [1.29, 1.82) is 0 Å². The molecule has 1 fully saturated rings. The third kappa shape index (κ3) is 1.89. The number of nitrogens with one attached hydrogen (secondary N) is 2. The Kier molecular flexibility index (Phi) is 2.72. The number of rotatable bonds is 2. The van der Waals surface area contributed by atoms with Crippen LogP contribution in [0.25, 0.3) is 0 Å². The summed E-state index contributed by atoms with van der Waals surface area (Å²) in [6.07, 6.45) is -1.44. The lowest BCUT2D eigenvalue weighted by molar-refractivity contribution is -0.138. The molecule has 0 aromatic rings. The lowest BCUT2D eigenvalue weighted by Gasteiger charge is -2.31. The molecular formula is C6H8ClFN2O3. The third-order valence-corrected chi connectivity index (χ3v) is 1.82. The van der Waals surface area contributed by atoms with Crippen molar-refractivity contribution in [2.75, 3.05) is 6.61 Å². The first-order valence-corrected chi connectivity index (χ1v) is 3.97. The molecule has 7 heteroatoms. The fourth-order valence-corrected chi connectivity index (χ4v) is 1.03. The summed E-state index contributed by atoms with van der Waals surface area (Å²) < 4.78 is 18.0. The Morgan fingerprint density at radius 1 is 1.69 bits per heavy atom. The minimum atomic E-state index is -2.75. The van der Waals surface area contributed by atoms with Gasteiger partial charge in [0.1, 0.15) is 0 Å². The standard InChI is InChI=1S/C6H8ClFN2O3/c1-2-13-4-6(7,8)3(11)9-5(12)10-4/h4H,2H2,1H3,(H2,9,10,11,12)/t4-,6-/m0/s1. The second-order valence-electron chi connectivity index (χ2n) is 2.39. The second kappa shape index (κ2) is 3.47. The number of hydrogen-bond acceptors (Lipinski definition) is 3. The molecule has 1 aliphatic heterocycles. The first kappa shape index (κ1) is 10.2. The van der Waals surface area contributed by atoms with Gasteiger partial charge in [0.05, 0.1) is 0 Å². The van der Waals surface area contributed by atoms with Gasteiger partial charge in [-0.3, -0.25) is 10.1 Å². The van der Waals surface area contributed by atoms with Crippen LogP contribution in [0, 0.1) is 0 Å². The molecule has 0 unspecified atom stereocenters. The normalized spacial score (nSPS) is 33.9. The van der Waals surface area contributed by atoms with Gasteiger partial charge in [0.2, 0.25) is 0 Å². The molecule has 2 N–H and O–H groups in total. The lowest BCUT2D eigenvalue weighted by Crippen LogP contribution is -2.65. The highest BCUT2D eigenvalue weighted by atomic mass is 35.5. The van der Waals surface area contributed by atoms with E-state index in [9.17, 15) is 14.0 Å². The van der Waals surface area contributed by atoms with E-state index in [1.807, 2.05) is 5.32 Å². The topological polar surface area (TPSA) is 67.4 Å². The predicted octanol–water partition coefficient (Wildman–Crippen LogP) is 0.0930. The van der Waals surface area contributed by atoms with Gasteiger partial charge in [0, 0.05) is 6.61 Å². The van der Waals surface area contributed by atoms with Crippen molar-refractivity contribution in [3.63, 3.8) is 0 Å². The van der Waals surface area contributed by atoms with Crippen LogP contribution < -0.4 is 10.6 Å². The second-order valence-corrected chi connectivity index (χ2v) is 2.94. The van der Waals surface area contributed by atoms with Gasteiger partial charge in [0.25, 0.3) is 5.91 Å². The first-order valence-electron chi connectivity index (χ1n) is 3.60. The molecule has 0 aliphatic carbocycles. The average molecular weight is 211 g/mol. The van der Waals surface area contributed by atoms with Gasteiger partial charge < -0.3 is 10.1 Å². The Balaban J connectivity index is 2.78. The van der Waals surface area contributed by atoms with Crippen molar-refractivity contribution in [1.82, 2.24) is 10.6 Å². The van der Waals surface area contributed by atoms with Gasteiger partial charge in [-0.15, -0.1) is 0 Å². The van der Waals surface area contributed by atoms with Crippen LogP contribution in [0.15, 0.2) is 0 Å². The summed E-state index contributed by atoms with van der Waals surface area (Å²) >= 11 is 5.21. The number of hydrogen-bond donors (Lipinski definition) is 2. The molecule has 1 rings (SSSR count). The van der Waals surface area contributed by atoms with E-state index in [0.717, 1.165) is 0 Å². The molecule has 1 saturated heterocycles. The summed E-state index contributed by atoms with van der Waals surface area (Å²) in [5.41, 5.74) is 0. The fourth-order valence-electron chi connectivity index (χ4n) is 0.864. The largest absolute Gasteiger partial charge is 0.353 e. The number of carbonyl (C=O) groups excluding carboxylic acids is 2. The number of amides is 3. The average Bonchev–Trinajstić information content (AvgIpc) is 2.01. The van der Waals surface area contributed by atoms with E-state index < -0.39 is 23.3 Å². The number of urea groups is 1. The Bertz CT molecular complexity index is 246. The summed E-state index contributed by atoms with van der Waals surface area (Å²) in [7, 11) is 0. The summed E-state index contributed by atoms with van der Waals surface area (Å²) in [4.78, 5) is 21.6. The van der Waals surface area contributed by atoms with Crippen LogP contribution in [-0.2, 0) is 9.53 Å². The fraction of sp³-hybridized carbons (Fsp3) is 0.667. The Hall–Kier alpha value is -0.880. The van der Waals surface area contributed by atoms with E-state index in [1.54, 1.807) is 12.2 Å². The van der Waals surface area contributed by atoms with E-state index in [-0.39, 0.29) is 6.61 Å². The van der Waals surface area contributed by atoms with Crippen LogP contribution in [0.5, 0.6) is 0 Å². The van der Waals surface area contributed by atoms with E-state index in [2.05, 4.69) is 0 Å². The molecule has 0 aromatic carbocycles. The van der Waals surface area contributed by atoms with Crippen molar-refractivity contribution >= 4 is 23.5 Å². The number of alkyl halides is 2. The Morgan fingerprint density at radius 3 is 2.85 bits per heavy atom. The van der Waals surface area contributed by atoms with E-state index >= 15 is 0 Å². The first-order chi connectivity index (χ1) is 5.98. The molecule has 0 spiro atoms. The molecule has 1 heterocycles. The van der Waals surface area contributed by atoms with Crippen molar-refractivity contribution in [3.05, 3.63) is 0 Å². The van der Waals surface area contributed by atoms with Gasteiger partial charge in [-0.25, -0.2) is 9.18 Å². The molecule has 74 valence electrons. The number of halogens is 2. The molecular weight excluding hydrogens is 203 g/mol. The van der Waals surface area contributed by atoms with Crippen molar-refractivity contribution < 1.29 is 18.7 Å². The molecule has 0 saturated carbocycles. The lowest BCUT2D eigenvalue weighted by atomic mass is 10.2. The van der Waals surface area contributed by atoms with Gasteiger partial charge in [0.15, 0.2) is 6.23 Å². The molecule has 0 radical (unpaired) electrons. The van der Waals surface area contributed by atoms with Crippen molar-refractivity contribution in [2.45, 2.75) is 18.3 Å². The smallest absolute Gasteiger partial charge is 0.323 e. The van der Waals surface area contributed by atoms with E-state index in [4.69, 9.17) is 16.3 Å². The molecule has 5 nitrogen and oxygen atoms in total. The van der Waals surface area contributed by atoms with Crippen LogP contribution in [-0.4, -0.2) is 29.9 Å². The van der Waals surface area contributed by atoms with Crippen molar-refractivity contribution in [3.8, 4) is 0 Å². The zero-order valence-electron chi connectivity index (χ0n) is 6.77. The third-order valence-electron chi connectivity index (χ3n) is 1.45. The van der Waals surface area contributed by atoms with Crippen LogP contribution in [0.3, 0.4) is 0 Å². The van der Waals surface area contributed by atoms with Gasteiger partial charge >= 0.3 is 11.2 Å². The monoisotopic (exact) mass is 210 g/mol. The molecule has 3 amide bonds. The Labute approximate surface area is 78.6 Å². The minimum Gasteiger partial charge on any atom is -0.353 e. The van der Waals surface area contributed by atoms with Gasteiger partial charge in [-0.1, -0.05) is 11.6 Å². The van der Waals surface area contributed by atoms with Crippen LogP contribution in [0.1, 0.15) is 6.92 Å². The highest BCUT2D eigenvalue weighted by Crippen LogP contribution is 2.25. The van der Waals surface area contributed by atoms with E-state index in [1.165, 1.54) is 0 Å². The number of carbonyl (C=O) groups is 2. The maximum atomic E-state index is 13.3. The summed E-state index contributed by atoms with van der Waals surface area (Å²) in [5, 5.41) is 0.974. The summed E-state index contributed by atoms with van der Waals surface area (Å²) in [5.74, 6) is -1.21. The zero-order chi connectivity index (χ0) is 10.1. The highest BCUT2D eigenvalue weighted by molar-refractivity contribution is 6.35. The maximum absolute atomic E-state index is 13.3. The number of imide groups is 1. The van der Waals surface area contributed by atoms with Gasteiger partial charge in [-0.05, 0) is 6.92 Å². The predicted molar refractivity (Wildman–Crippen MR) is 41.8 cm³/mol. The molecule has 0 bridgehead atoms. The summed E-state index contributed by atoms with van der Waals surface area (Å²) in [6, 6.07) is -0.822. The molecule has 1 aliphatic rings. The number of ether oxygens (including phenoxy) is 1. The summed E-state index contributed by atoms with van der Waals surface area (Å²) in [6.45, 7) is 1.72. The maximum Gasteiger partial charge on any atom is 0.323 e. The van der Waals surface area contributed by atoms with Crippen LogP contribution >= 0.6 is 11.6 Å². The Morgan fingerprint density at radius 2 is 2.31 bits per heavy atom. The quantitative estimate of drug-likeness (QED) is 0.635. The molecule has 0 aromatic heterocycles. The van der Waals surface area contributed by atoms with Crippen LogP contribution in [0.2, 0.25) is 0 Å². The minimum absolute atomic E-state index is 0.136. The zero-order valence-corrected chi connectivity index (χ0v) is 7.52. The van der Waals surface area contributed by atoms with Crippen LogP contribution in [0.4, 0.5) is 9.18 Å². The molecule has 13 heavy (non-hydrogen) atoms. The SMILES string of the molecule is CCO[C@@H]1NC(=O)NC(=O)[C@@]1(F)Cl. The van der Waals surface area contributed by atoms with Crippen molar-refractivity contribution in [2.24, 2.45) is 0 Å². The molecule has 2 atom stereocenters. The van der Waals surface area contributed by atoms with E-state index in [0.29, 0.717) is 0 Å².